The molecule has 0 aromatic heterocycles. The minimum atomic E-state index is 0.241. The highest BCUT2D eigenvalue weighted by Crippen LogP contribution is 2.21. The highest BCUT2D eigenvalue weighted by molar-refractivity contribution is 7.99. The summed E-state index contributed by atoms with van der Waals surface area (Å²) in [5.74, 6) is 1.67. The summed E-state index contributed by atoms with van der Waals surface area (Å²) in [6.07, 6.45) is 0. The Hall–Kier alpha value is -1.65. The van der Waals surface area contributed by atoms with Crippen molar-refractivity contribution in [3.8, 4) is 0 Å². The van der Waals surface area contributed by atoms with Gasteiger partial charge in [-0.1, -0.05) is 47.0 Å². The second-order valence-electron chi connectivity index (χ2n) is 6.84. The average molecular weight is 389 g/mol. The van der Waals surface area contributed by atoms with E-state index in [1.54, 1.807) is 11.8 Å². The van der Waals surface area contributed by atoms with Crippen molar-refractivity contribution in [1.29, 1.82) is 0 Å². The van der Waals surface area contributed by atoms with Crippen LogP contribution in [-0.2, 0) is 10.5 Å². The van der Waals surface area contributed by atoms with Gasteiger partial charge in [-0.15, -0.1) is 11.8 Å². The van der Waals surface area contributed by atoms with Crippen LogP contribution in [0.4, 0.5) is 5.69 Å². The van der Waals surface area contributed by atoms with E-state index in [9.17, 15) is 4.79 Å². The summed E-state index contributed by atoms with van der Waals surface area (Å²) in [4.78, 5) is 16.8. The molecule has 0 aliphatic carbocycles. The third kappa shape index (κ3) is 5.18. The van der Waals surface area contributed by atoms with Crippen LogP contribution in [-0.4, -0.2) is 42.7 Å². The Labute approximate surface area is 165 Å². The van der Waals surface area contributed by atoms with Crippen LogP contribution in [0.3, 0.4) is 0 Å². The zero-order valence-corrected chi connectivity index (χ0v) is 16.9. The molecule has 0 bridgehead atoms. The quantitative estimate of drug-likeness (QED) is 0.751. The number of benzene rings is 2. The number of halogens is 1. The topological polar surface area (TPSA) is 23.6 Å². The predicted molar refractivity (Wildman–Crippen MR) is 112 cm³/mol. The van der Waals surface area contributed by atoms with Crippen LogP contribution in [0.25, 0.3) is 0 Å². The summed E-state index contributed by atoms with van der Waals surface area (Å²) in [6.45, 7) is 7.49. The standard InChI is InChI=1S/C21H25ClN2OS/c1-16-10-17(2)12-18(11-16)14-26-15-21(25)24-8-6-23(7-9-24)20-5-3-4-19(22)13-20/h3-5,10-13H,6-9,14-15H2,1-2H3. The van der Waals surface area contributed by atoms with Gasteiger partial charge in [0.15, 0.2) is 0 Å². The van der Waals surface area contributed by atoms with Crippen LogP contribution in [0.1, 0.15) is 16.7 Å². The second kappa shape index (κ2) is 8.83. The number of rotatable bonds is 5. The fourth-order valence-electron chi connectivity index (χ4n) is 3.39. The molecule has 5 heteroatoms. The molecule has 1 aliphatic rings. The van der Waals surface area contributed by atoms with Crippen LogP contribution in [0.2, 0.25) is 5.02 Å². The van der Waals surface area contributed by atoms with Crippen molar-refractivity contribution in [2.45, 2.75) is 19.6 Å². The van der Waals surface area contributed by atoms with E-state index in [1.807, 2.05) is 23.1 Å². The van der Waals surface area contributed by atoms with Gasteiger partial charge in [-0.3, -0.25) is 4.79 Å². The first-order valence-electron chi connectivity index (χ1n) is 8.94. The number of thioether (sulfide) groups is 1. The molecule has 2 aromatic carbocycles. The summed E-state index contributed by atoms with van der Waals surface area (Å²) < 4.78 is 0. The molecule has 1 fully saturated rings. The van der Waals surface area contributed by atoms with Gasteiger partial charge in [-0.05, 0) is 37.6 Å². The van der Waals surface area contributed by atoms with Gasteiger partial charge in [0.25, 0.3) is 0 Å². The van der Waals surface area contributed by atoms with E-state index < -0.39 is 0 Å². The summed E-state index contributed by atoms with van der Waals surface area (Å²) in [7, 11) is 0. The Morgan fingerprint density at radius 2 is 1.73 bits per heavy atom. The Kier molecular flexibility index (Phi) is 6.49. The number of amides is 1. The smallest absolute Gasteiger partial charge is 0.232 e. The van der Waals surface area contributed by atoms with Gasteiger partial charge >= 0.3 is 0 Å². The molecule has 26 heavy (non-hydrogen) atoms. The van der Waals surface area contributed by atoms with E-state index in [-0.39, 0.29) is 5.91 Å². The van der Waals surface area contributed by atoms with E-state index in [0.717, 1.165) is 42.6 Å². The third-order valence-corrected chi connectivity index (χ3v) is 5.81. The lowest BCUT2D eigenvalue weighted by atomic mass is 10.1. The number of hydrogen-bond acceptors (Lipinski definition) is 3. The first kappa shape index (κ1) is 19.1. The molecule has 1 amide bonds. The molecule has 0 radical (unpaired) electrons. The van der Waals surface area contributed by atoms with Gasteiger partial charge in [-0.25, -0.2) is 0 Å². The Bertz CT molecular complexity index is 752. The maximum atomic E-state index is 12.5. The fraction of sp³-hybridized carbons (Fsp3) is 0.381. The third-order valence-electron chi connectivity index (χ3n) is 4.58. The van der Waals surface area contributed by atoms with Gasteiger partial charge in [0.05, 0.1) is 5.75 Å². The molecule has 3 nitrogen and oxygen atoms in total. The number of hydrogen-bond donors (Lipinski definition) is 0. The number of piperazine rings is 1. The minimum Gasteiger partial charge on any atom is -0.368 e. The zero-order chi connectivity index (χ0) is 18.5. The lowest BCUT2D eigenvalue weighted by Gasteiger charge is -2.36. The van der Waals surface area contributed by atoms with Gasteiger partial charge in [-0.2, -0.15) is 0 Å². The van der Waals surface area contributed by atoms with E-state index >= 15 is 0 Å². The largest absolute Gasteiger partial charge is 0.368 e. The number of carbonyl (C=O) groups is 1. The van der Waals surface area contributed by atoms with E-state index in [2.05, 4.69) is 43.0 Å². The maximum Gasteiger partial charge on any atom is 0.232 e. The number of aryl methyl sites for hydroxylation is 2. The van der Waals surface area contributed by atoms with Crippen molar-refractivity contribution in [1.82, 2.24) is 4.90 Å². The van der Waals surface area contributed by atoms with Gasteiger partial charge < -0.3 is 9.80 Å². The van der Waals surface area contributed by atoms with Crippen LogP contribution in [0.5, 0.6) is 0 Å². The molecule has 1 heterocycles. The summed E-state index contributed by atoms with van der Waals surface area (Å²) in [5.41, 5.74) is 4.99. The minimum absolute atomic E-state index is 0.241. The molecule has 0 N–H and O–H groups in total. The normalized spacial score (nSPS) is 14.6. The average Bonchev–Trinajstić information content (AvgIpc) is 2.61. The van der Waals surface area contributed by atoms with E-state index in [4.69, 9.17) is 11.6 Å². The van der Waals surface area contributed by atoms with E-state index in [1.165, 1.54) is 16.7 Å². The summed E-state index contributed by atoms with van der Waals surface area (Å²) in [5, 5.41) is 0.754. The molecule has 0 atom stereocenters. The molecule has 0 spiro atoms. The van der Waals surface area contributed by atoms with Crippen LogP contribution in [0.15, 0.2) is 42.5 Å². The predicted octanol–water partition coefficient (Wildman–Crippen LogP) is 4.54. The highest BCUT2D eigenvalue weighted by atomic mass is 35.5. The number of carbonyl (C=O) groups excluding carboxylic acids is 1. The summed E-state index contributed by atoms with van der Waals surface area (Å²) >= 11 is 7.78. The first-order chi connectivity index (χ1) is 12.5. The Morgan fingerprint density at radius 3 is 2.38 bits per heavy atom. The van der Waals surface area contributed by atoms with Crippen molar-refractivity contribution < 1.29 is 4.79 Å². The van der Waals surface area contributed by atoms with Crippen molar-refractivity contribution in [2.24, 2.45) is 0 Å². The van der Waals surface area contributed by atoms with Crippen molar-refractivity contribution in [3.05, 3.63) is 64.2 Å². The van der Waals surface area contributed by atoms with Crippen LogP contribution in [0, 0.1) is 13.8 Å². The van der Waals surface area contributed by atoms with Gasteiger partial charge in [0.2, 0.25) is 5.91 Å². The van der Waals surface area contributed by atoms with Crippen LogP contribution < -0.4 is 4.90 Å². The van der Waals surface area contributed by atoms with Gasteiger partial charge in [0.1, 0.15) is 0 Å². The number of anilines is 1. The summed E-state index contributed by atoms with van der Waals surface area (Å²) in [6, 6.07) is 14.5. The molecule has 1 saturated heterocycles. The molecular formula is C21H25ClN2OS. The van der Waals surface area contributed by atoms with Gasteiger partial charge in [0, 0.05) is 42.6 Å². The molecule has 3 rings (SSSR count). The van der Waals surface area contributed by atoms with E-state index in [0.29, 0.717) is 5.75 Å². The highest BCUT2D eigenvalue weighted by Gasteiger charge is 2.21. The van der Waals surface area contributed by atoms with Crippen molar-refractivity contribution in [2.75, 3.05) is 36.8 Å². The Balaban J connectivity index is 1.45. The zero-order valence-electron chi connectivity index (χ0n) is 15.4. The lowest BCUT2D eigenvalue weighted by Crippen LogP contribution is -2.49. The van der Waals surface area contributed by atoms with Crippen molar-refractivity contribution in [3.63, 3.8) is 0 Å². The second-order valence-corrected chi connectivity index (χ2v) is 8.26. The van der Waals surface area contributed by atoms with Crippen LogP contribution >= 0.6 is 23.4 Å². The SMILES string of the molecule is Cc1cc(C)cc(CSCC(=O)N2CCN(c3cccc(Cl)c3)CC2)c1. The number of nitrogens with zero attached hydrogens (tertiary/aromatic N) is 2. The molecule has 0 saturated carbocycles. The molecule has 138 valence electrons. The first-order valence-corrected chi connectivity index (χ1v) is 10.5. The maximum absolute atomic E-state index is 12.5. The lowest BCUT2D eigenvalue weighted by molar-refractivity contribution is -0.128. The fourth-order valence-corrected chi connectivity index (χ4v) is 4.43. The monoisotopic (exact) mass is 388 g/mol. The molecular weight excluding hydrogens is 364 g/mol. The molecule has 1 aliphatic heterocycles. The van der Waals surface area contributed by atoms with Crippen molar-refractivity contribution >= 4 is 35.0 Å². The Morgan fingerprint density at radius 1 is 1.04 bits per heavy atom. The molecule has 0 unspecified atom stereocenters. The molecule has 2 aromatic rings.